The van der Waals surface area contributed by atoms with E-state index in [2.05, 4.69) is 0 Å². The molecule has 0 heterocycles. The summed E-state index contributed by atoms with van der Waals surface area (Å²) in [5.74, 6) is -4.64. The molecule has 0 radical (unpaired) electrons. The Morgan fingerprint density at radius 1 is 0.867 bits per heavy atom. The number of hydrogen-bond acceptors (Lipinski definition) is 6. The lowest BCUT2D eigenvalue weighted by Gasteiger charge is -2.39. The van der Waals surface area contributed by atoms with Gasteiger partial charge in [-0.15, -0.1) is 0 Å². The van der Waals surface area contributed by atoms with Crippen LogP contribution in [-0.2, 0) is 14.2 Å². The molecule has 0 aliphatic rings. The quantitative estimate of drug-likeness (QED) is 0.478. The highest BCUT2D eigenvalue weighted by molar-refractivity contribution is 4.77. The number of rotatable bonds is 8. The summed E-state index contributed by atoms with van der Waals surface area (Å²) < 4.78 is 14.6. The van der Waals surface area contributed by atoms with Gasteiger partial charge in [0.15, 0.2) is 0 Å². The summed E-state index contributed by atoms with van der Waals surface area (Å²) in [7, 11) is 0. The Balaban J connectivity index is 4.81. The van der Waals surface area contributed by atoms with Gasteiger partial charge in [0.05, 0.1) is 0 Å². The summed E-state index contributed by atoms with van der Waals surface area (Å²) in [5.41, 5.74) is 0. The van der Waals surface area contributed by atoms with E-state index >= 15 is 0 Å². The van der Waals surface area contributed by atoms with E-state index in [4.69, 9.17) is 19.3 Å². The monoisotopic (exact) mass is 224 g/mol. The van der Waals surface area contributed by atoms with Crippen molar-refractivity contribution in [3.05, 3.63) is 0 Å². The maximum absolute atomic E-state index is 9.88. The van der Waals surface area contributed by atoms with Crippen LogP contribution in [0.3, 0.4) is 0 Å². The van der Waals surface area contributed by atoms with E-state index in [1.165, 1.54) is 0 Å². The summed E-state index contributed by atoms with van der Waals surface area (Å²) in [4.78, 5) is 0. The minimum Gasteiger partial charge on any atom is -0.390 e. The zero-order valence-electron chi connectivity index (χ0n) is 9.39. The zero-order valence-corrected chi connectivity index (χ0v) is 9.39. The van der Waals surface area contributed by atoms with Crippen molar-refractivity contribution in [1.82, 2.24) is 0 Å². The molecular formula is C9H20O6. The van der Waals surface area contributed by atoms with Gasteiger partial charge in [-0.05, 0) is 20.8 Å². The molecule has 0 aromatic rings. The Morgan fingerprint density at radius 2 is 1.27 bits per heavy atom. The van der Waals surface area contributed by atoms with E-state index in [1.807, 2.05) is 0 Å². The van der Waals surface area contributed by atoms with Crippen molar-refractivity contribution in [2.24, 2.45) is 0 Å². The maximum Gasteiger partial charge on any atom is 0.340 e. The third-order valence-corrected chi connectivity index (χ3v) is 1.77. The second kappa shape index (κ2) is 6.37. The average molecular weight is 224 g/mol. The SMILES string of the molecule is CCOC(O)(CO)C(O)(OCC)OCC. The molecular weight excluding hydrogens is 204 g/mol. The van der Waals surface area contributed by atoms with Crippen molar-refractivity contribution in [3.8, 4) is 0 Å². The largest absolute Gasteiger partial charge is 0.390 e. The molecule has 6 nitrogen and oxygen atoms in total. The summed E-state index contributed by atoms with van der Waals surface area (Å²) in [6, 6.07) is 0. The van der Waals surface area contributed by atoms with Crippen LogP contribution in [0.25, 0.3) is 0 Å². The van der Waals surface area contributed by atoms with Crippen molar-refractivity contribution >= 4 is 0 Å². The van der Waals surface area contributed by atoms with E-state index in [9.17, 15) is 10.2 Å². The van der Waals surface area contributed by atoms with Gasteiger partial charge in [-0.2, -0.15) is 0 Å². The van der Waals surface area contributed by atoms with Crippen LogP contribution in [0, 0.1) is 0 Å². The Kier molecular flexibility index (Phi) is 6.26. The van der Waals surface area contributed by atoms with Gasteiger partial charge in [0.1, 0.15) is 6.61 Å². The Morgan fingerprint density at radius 3 is 1.53 bits per heavy atom. The molecule has 0 saturated heterocycles. The molecule has 0 aromatic carbocycles. The van der Waals surface area contributed by atoms with Crippen LogP contribution in [0.4, 0.5) is 0 Å². The summed E-state index contributed by atoms with van der Waals surface area (Å²) in [6.07, 6.45) is 0. The van der Waals surface area contributed by atoms with Crippen LogP contribution in [0.1, 0.15) is 20.8 Å². The first-order valence-corrected chi connectivity index (χ1v) is 4.97. The Hall–Kier alpha value is -0.240. The molecule has 0 fully saturated rings. The molecule has 1 atom stereocenters. The Labute approximate surface area is 89.4 Å². The van der Waals surface area contributed by atoms with Crippen LogP contribution in [0.2, 0.25) is 0 Å². The molecule has 15 heavy (non-hydrogen) atoms. The normalized spacial score (nSPS) is 16.4. The fourth-order valence-corrected chi connectivity index (χ4v) is 1.13. The van der Waals surface area contributed by atoms with Crippen LogP contribution >= 0.6 is 0 Å². The molecule has 0 spiro atoms. The van der Waals surface area contributed by atoms with Crippen LogP contribution in [0.15, 0.2) is 0 Å². The van der Waals surface area contributed by atoms with Crippen molar-refractivity contribution < 1.29 is 29.5 Å². The molecule has 0 aromatic heterocycles. The average Bonchev–Trinajstić information content (AvgIpc) is 2.18. The van der Waals surface area contributed by atoms with Gasteiger partial charge in [0.2, 0.25) is 0 Å². The van der Waals surface area contributed by atoms with Gasteiger partial charge in [-0.25, -0.2) is 0 Å². The molecule has 0 bridgehead atoms. The van der Waals surface area contributed by atoms with Crippen molar-refractivity contribution in [2.45, 2.75) is 32.5 Å². The topological polar surface area (TPSA) is 88.4 Å². The van der Waals surface area contributed by atoms with Crippen LogP contribution in [-0.4, -0.2) is 53.5 Å². The van der Waals surface area contributed by atoms with Crippen molar-refractivity contribution in [3.63, 3.8) is 0 Å². The highest BCUT2D eigenvalue weighted by Crippen LogP contribution is 2.26. The Bertz CT molecular complexity index is 168. The fourth-order valence-electron chi connectivity index (χ4n) is 1.13. The molecule has 92 valence electrons. The number of aliphatic hydroxyl groups is 3. The highest BCUT2D eigenvalue weighted by atomic mass is 16.9. The van der Waals surface area contributed by atoms with Crippen LogP contribution < -0.4 is 0 Å². The minimum atomic E-state index is -2.36. The van der Waals surface area contributed by atoms with E-state index in [0.29, 0.717) is 0 Å². The molecule has 0 rings (SSSR count). The number of hydrogen-bond donors (Lipinski definition) is 3. The second-order valence-electron chi connectivity index (χ2n) is 2.82. The minimum absolute atomic E-state index is 0.0967. The maximum atomic E-state index is 9.88. The number of aliphatic hydroxyl groups excluding tert-OH is 1. The lowest BCUT2D eigenvalue weighted by Crippen LogP contribution is -2.61. The lowest BCUT2D eigenvalue weighted by atomic mass is 10.2. The predicted octanol–water partition coefficient (Wildman–Crippen LogP) is -0.577. The van der Waals surface area contributed by atoms with Gasteiger partial charge < -0.3 is 29.5 Å². The first-order valence-electron chi connectivity index (χ1n) is 4.97. The molecule has 6 heteroatoms. The van der Waals surface area contributed by atoms with E-state index in [-0.39, 0.29) is 19.8 Å². The van der Waals surface area contributed by atoms with Crippen LogP contribution in [0.5, 0.6) is 0 Å². The molecule has 3 N–H and O–H groups in total. The van der Waals surface area contributed by atoms with E-state index in [1.54, 1.807) is 20.8 Å². The highest BCUT2D eigenvalue weighted by Gasteiger charge is 2.53. The van der Waals surface area contributed by atoms with Crippen molar-refractivity contribution in [1.29, 1.82) is 0 Å². The first kappa shape index (κ1) is 14.8. The standard InChI is InChI=1S/C9H20O6/c1-4-13-8(11,7-10)9(12,14-5-2)15-6-3/h10-12H,4-7H2,1-3H3. The lowest BCUT2D eigenvalue weighted by molar-refractivity contribution is -0.482. The second-order valence-corrected chi connectivity index (χ2v) is 2.82. The van der Waals surface area contributed by atoms with E-state index < -0.39 is 18.4 Å². The predicted molar refractivity (Wildman–Crippen MR) is 51.9 cm³/mol. The third kappa shape index (κ3) is 3.37. The molecule has 0 saturated carbocycles. The molecule has 0 amide bonds. The van der Waals surface area contributed by atoms with E-state index in [0.717, 1.165) is 0 Å². The zero-order chi connectivity index (χ0) is 11.9. The summed E-state index contributed by atoms with van der Waals surface area (Å²) in [6.45, 7) is 4.31. The van der Waals surface area contributed by atoms with Gasteiger partial charge in [-0.1, -0.05) is 0 Å². The molecule has 1 unspecified atom stereocenters. The fraction of sp³-hybridized carbons (Fsp3) is 1.00. The molecule has 0 aliphatic heterocycles. The third-order valence-electron chi connectivity index (χ3n) is 1.77. The van der Waals surface area contributed by atoms with Gasteiger partial charge in [0, 0.05) is 19.8 Å². The van der Waals surface area contributed by atoms with Gasteiger partial charge in [-0.3, -0.25) is 0 Å². The van der Waals surface area contributed by atoms with Crippen molar-refractivity contribution in [2.75, 3.05) is 26.4 Å². The summed E-state index contributed by atoms with van der Waals surface area (Å²) >= 11 is 0. The smallest absolute Gasteiger partial charge is 0.340 e. The van der Waals surface area contributed by atoms with Gasteiger partial charge >= 0.3 is 5.97 Å². The number of ether oxygens (including phenoxy) is 3. The molecule has 0 aliphatic carbocycles. The summed E-state index contributed by atoms with van der Waals surface area (Å²) in [5, 5.41) is 28.7. The van der Waals surface area contributed by atoms with Gasteiger partial charge in [0.25, 0.3) is 5.79 Å². The first-order chi connectivity index (χ1) is 6.99.